The number of carbonyl (C=O) groups excluding carboxylic acids is 1. The smallest absolute Gasteiger partial charge is 0.407 e. The van der Waals surface area contributed by atoms with E-state index in [4.69, 9.17) is 4.74 Å². The van der Waals surface area contributed by atoms with Gasteiger partial charge in [-0.15, -0.1) is 0 Å². The van der Waals surface area contributed by atoms with Gasteiger partial charge >= 0.3 is 6.09 Å². The molecule has 1 saturated heterocycles. The van der Waals surface area contributed by atoms with Crippen LogP contribution in [0.15, 0.2) is 0 Å². The highest BCUT2D eigenvalue weighted by Gasteiger charge is 2.31. The first kappa shape index (κ1) is 13.3. The van der Waals surface area contributed by atoms with Crippen molar-refractivity contribution in [3.63, 3.8) is 0 Å². The fourth-order valence-corrected chi connectivity index (χ4v) is 2.02. The van der Waals surface area contributed by atoms with Crippen LogP contribution in [0.4, 0.5) is 4.79 Å². The van der Waals surface area contributed by atoms with E-state index in [2.05, 4.69) is 24.5 Å². The van der Waals surface area contributed by atoms with Gasteiger partial charge in [0.05, 0.1) is 0 Å². The van der Waals surface area contributed by atoms with E-state index in [1.807, 2.05) is 20.8 Å². The van der Waals surface area contributed by atoms with Gasteiger partial charge < -0.3 is 15.4 Å². The molecular formula is C12H24N2O2. The van der Waals surface area contributed by atoms with Gasteiger partial charge in [0, 0.05) is 19.1 Å². The first-order valence-corrected chi connectivity index (χ1v) is 6.00. The monoisotopic (exact) mass is 228 g/mol. The first-order valence-electron chi connectivity index (χ1n) is 6.00. The van der Waals surface area contributed by atoms with Crippen LogP contribution in [0.3, 0.4) is 0 Å². The van der Waals surface area contributed by atoms with E-state index in [9.17, 15) is 4.79 Å². The van der Waals surface area contributed by atoms with Crippen LogP contribution in [0.25, 0.3) is 0 Å². The van der Waals surface area contributed by atoms with Gasteiger partial charge in [0.15, 0.2) is 0 Å². The van der Waals surface area contributed by atoms with Crippen LogP contribution in [0.5, 0.6) is 0 Å². The summed E-state index contributed by atoms with van der Waals surface area (Å²) in [6, 6.07) is 0.190. The first-order chi connectivity index (χ1) is 7.29. The Labute approximate surface area is 98.1 Å². The molecule has 0 aromatic carbocycles. The molecule has 0 aliphatic carbocycles. The quantitative estimate of drug-likeness (QED) is 0.757. The molecule has 1 unspecified atom stereocenters. The number of hydrogen-bond donors (Lipinski definition) is 2. The summed E-state index contributed by atoms with van der Waals surface area (Å²) in [6.07, 6.45) is -0.313. The second kappa shape index (κ2) is 5.04. The van der Waals surface area contributed by atoms with Crippen molar-refractivity contribution in [2.75, 3.05) is 13.1 Å². The van der Waals surface area contributed by atoms with E-state index < -0.39 is 5.60 Å². The average Bonchev–Trinajstić information content (AvgIpc) is 2.47. The molecule has 0 aromatic rings. The van der Waals surface area contributed by atoms with Crippen molar-refractivity contribution >= 4 is 6.09 Å². The molecule has 0 spiro atoms. The Balaban J connectivity index is 2.44. The second-order valence-corrected chi connectivity index (χ2v) is 5.82. The minimum Gasteiger partial charge on any atom is -0.444 e. The molecule has 0 bridgehead atoms. The molecule has 4 heteroatoms. The van der Waals surface area contributed by atoms with E-state index in [-0.39, 0.29) is 12.1 Å². The predicted octanol–water partition coefficient (Wildman–Crippen LogP) is 1.76. The molecule has 94 valence electrons. The lowest BCUT2D eigenvalue weighted by molar-refractivity contribution is 0.0491. The Hall–Kier alpha value is -0.770. The Morgan fingerprint density at radius 3 is 2.50 bits per heavy atom. The van der Waals surface area contributed by atoms with E-state index >= 15 is 0 Å². The fraction of sp³-hybridized carbons (Fsp3) is 0.917. The lowest BCUT2D eigenvalue weighted by Gasteiger charge is -2.25. The van der Waals surface area contributed by atoms with Crippen molar-refractivity contribution in [2.24, 2.45) is 11.8 Å². The van der Waals surface area contributed by atoms with Crippen LogP contribution in [-0.4, -0.2) is 30.8 Å². The molecule has 1 fully saturated rings. The number of alkyl carbamates (subject to hydrolysis) is 1. The Morgan fingerprint density at radius 1 is 1.38 bits per heavy atom. The minimum absolute atomic E-state index is 0.190. The van der Waals surface area contributed by atoms with Crippen molar-refractivity contribution in [3.05, 3.63) is 0 Å². The third-order valence-electron chi connectivity index (χ3n) is 2.82. The van der Waals surface area contributed by atoms with Crippen molar-refractivity contribution in [2.45, 2.75) is 46.3 Å². The van der Waals surface area contributed by atoms with Crippen molar-refractivity contribution in [3.8, 4) is 0 Å². The van der Waals surface area contributed by atoms with Crippen LogP contribution in [0.2, 0.25) is 0 Å². The Morgan fingerprint density at radius 2 is 2.00 bits per heavy atom. The number of nitrogens with one attached hydrogen (secondary N) is 2. The summed E-state index contributed by atoms with van der Waals surface area (Å²) < 4.78 is 5.25. The zero-order valence-corrected chi connectivity index (χ0v) is 11.0. The van der Waals surface area contributed by atoms with Crippen LogP contribution in [-0.2, 0) is 4.74 Å². The number of ether oxygens (including phenoxy) is 1. The largest absolute Gasteiger partial charge is 0.444 e. The molecule has 2 atom stereocenters. The summed E-state index contributed by atoms with van der Waals surface area (Å²) in [5, 5.41) is 6.24. The van der Waals surface area contributed by atoms with E-state index in [1.54, 1.807) is 0 Å². The van der Waals surface area contributed by atoms with Crippen molar-refractivity contribution < 1.29 is 9.53 Å². The summed E-state index contributed by atoms with van der Waals surface area (Å²) in [7, 11) is 0. The van der Waals surface area contributed by atoms with Gasteiger partial charge in [-0.1, -0.05) is 13.8 Å². The molecule has 1 amide bonds. The molecule has 1 aliphatic heterocycles. The normalized spacial score (nSPS) is 25.9. The molecule has 4 nitrogen and oxygen atoms in total. The van der Waals surface area contributed by atoms with Gasteiger partial charge in [-0.3, -0.25) is 0 Å². The third kappa shape index (κ3) is 4.00. The maximum atomic E-state index is 11.6. The van der Waals surface area contributed by atoms with E-state index in [1.165, 1.54) is 0 Å². The third-order valence-corrected chi connectivity index (χ3v) is 2.82. The van der Waals surface area contributed by atoms with Gasteiger partial charge in [0.2, 0.25) is 0 Å². The van der Waals surface area contributed by atoms with E-state index in [0.29, 0.717) is 11.8 Å². The van der Waals surface area contributed by atoms with Crippen LogP contribution in [0.1, 0.15) is 34.6 Å². The number of rotatable bonds is 2. The summed E-state index contributed by atoms with van der Waals surface area (Å²) in [5.74, 6) is 1.06. The van der Waals surface area contributed by atoms with Crippen LogP contribution < -0.4 is 10.6 Å². The molecule has 1 rings (SSSR count). The van der Waals surface area contributed by atoms with Crippen molar-refractivity contribution in [1.29, 1.82) is 0 Å². The standard InChI is InChI=1S/C12H24N2O2/c1-8(2)9-6-13-7-10(9)14-11(15)16-12(3,4)5/h8-10,13H,6-7H2,1-5H3,(H,14,15)/t9?,10-/m1/s1. The molecule has 0 aromatic heterocycles. The molecular weight excluding hydrogens is 204 g/mol. The zero-order valence-electron chi connectivity index (χ0n) is 11.0. The number of hydrogen-bond acceptors (Lipinski definition) is 3. The van der Waals surface area contributed by atoms with Gasteiger partial charge in [0.1, 0.15) is 5.60 Å². The number of amides is 1. The SMILES string of the molecule is CC(C)C1CNC[C@H]1NC(=O)OC(C)(C)C. The Bertz CT molecular complexity index is 246. The molecule has 1 heterocycles. The fourth-order valence-electron chi connectivity index (χ4n) is 2.02. The molecule has 16 heavy (non-hydrogen) atoms. The molecule has 1 aliphatic rings. The van der Waals surface area contributed by atoms with Crippen LogP contribution in [0, 0.1) is 11.8 Å². The summed E-state index contributed by atoms with van der Waals surface area (Å²) in [5.41, 5.74) is -0.427. The van der Waals surface area contributed by atoms with Gasteiger partial charge in [-0.2, -0.15) is 0 Å². The maximum Gasteiger partial charge on any atom is 0.407 e. The highest BCUT2D eigenvalue weighted by Crippen LogP contribution is 2.19. The molecule has 0 saturated carbocycles. The topological polar surface area (TPSA) is 50.4 Å². The summed E-state index contributed by atoms with van der Waals surface area (Å²) in [4.78, 5) is 11.6. The van der Waals surface area contributed by atoms with Gasteiger partial charge in [-0.05, 0) is 32.6 Å². The van der Waals surface area contributed by atoms with Crippen molar-refractivity contribution in [1.82, 2.24) is 10.6 Å². The average molecular weight is 228 g/mol. The lowest BCUT2D eigenvalue weighted by atomic mass is 9.91. The van der Waals surface area contributed by atoms with Crippen LogP contribution >= 0.6 is 0 Å². The predicted molar refractivity (Wildman–Crippen MR) is 64.4 cm³/mol. The zero-order chi connectivity index (χ0) is 12.3. The molecule has 2 N–H and O–H groups in total. The second-order valence-electron chi connectivity index (χ2n) is 5.82. The Kier molecular flexibility index (Phi) is 4.19. The highest BCUT2D eigenvalue weighted by molar-refractivity contribution is 5.68. The van der Waals surface area contributed by atoms with Gasteiger partial charge in [0.25, 0.3) is 0 Å². The molecule has 0 radical (unpaired) electrons. The lowest BCUT2D eigenvalue weighted by Crippen LogP contribution is -2.44. The summed E-state index contributed by atoms with van der Waals surface area (Å²) >= 11 is 0. The van der Waals surface area contributed by atoms with Gasteiger partial charge in [-0.25, -0.2) is 4.79 Å². The highest BCUT2D eigenvalue weighted by atomic mass is 16.6. The summed E-state index contributed by atoms with van der Waals surface area (Å²) in [6.45, 7) is 11.8. The number of carbonyl (C=O) groups is 1. The van der Waals surface area contributed by atoms with E-state index in [0.717, 1.165) is 13.1 Å². The maximum absolute atomic E-state index is 11.6. The minimum atomic E-state index is -0.427.